The Kier molecular flexibility index (Phi) is 6.95. The number of benzene rings is 2. The first-order valence-electron chi connectivity index (χ1n) is 11.2. The lowest BCUT2D eigenvalue weighted by Crippen LogP contribution is -2.28. The van der Waals surface area contributed by atoms with Crippen LogP contribution in [0.3, 0.4) is 0 Å². The lowest BCUT2D eigenvalue weighted by Gasteiger charge is -2.22. The summed E-state index contributed by atoms with van der Waals surface area (Å²) in [5.74, 6) is 0.730. The number of carbonyl (C=O) groups is 1. The fourth-order valence-corrected chi connectivity index (χ4v) is 4.51. The largest absolute Gasteiger partial charge is 0.392 e. The Morgan fingerprint density at radius 3 is 2.68 bits per heavy atom. The van der Waals surface area contributed by atoms with Gasteiger partial charge in [0.15, 0.2) is 0 Å². The molecule has 0 unspecified atom stereocenters. The van der Waals surface area contributed by atoms with Crippen LogP contribution in [-0.4, -0.2) is 29.1 Å². The zero-order valence-electron chi connectivity index (χ0n) is 18.2. The average molecular weight is 418 g/mol. The Hall–Kier alpha value is -2.76. The number of aliphatic hydroxyl groups is 1. The van der Waals surface area contributed by atoms with E-state index in [-0.39, 0.29) is 12.5 Å². The number of anilines is 1. The number of fused-ring (bicyclic) bond motifs is 1. The number of pyridine rings is 1. The first kappa shape index (κ1) is 21.5. The molecule has 0 atom stereocenters. The van der Waals surface area contributed by atoms with Gasteiger partial charge in [0.05, 0.1) is 12.1 Å². The maximum atomic E-state index is 12.6. The molecule has 1 aliphatic rings. The first-order valence-corrected chi connectivity index (χ1v) is 11.2. The van der Waals surface area contributed by atoms with Crippen LogP contribution >= 0.6 is 0 Å². The van der Waals surface area contributed by atoms with E-state index >= 15 is 0 Å². The zero-order valence-corrected chi connectivity index (χ0v) is 18.2. The molecule has 0 radical (unpaired) electrons. The molecular formula is C26H31N3O2. The van der Waals surface area contributed by atoms with E-state index in [0.29, 0.717) is 18.8 Å². The number of aliphatic hydroxyl groups excluding tert-OH is 1. The number of nitrogens with one attached hydrogen (secondary N) is 2. The van der Waals surface area contributed by atoms with Crippen molar-refractivity contribution < 1.29 is 9.90 Å². The molecule has 1 aromatic heterocycles. The monoisotopic (exact) mass is 417 g/mol. The number of aromatic nitrogens is 1. The third-order valence-electron chi connectivity index (χ3n) is 6.22. The Labute approximate surface area is 183 Å². The van der Waals surface area contributed by atoms with Gasteiger partial charge in [-0.25, -0.2) is 0 Å². The summed E-state index contributed by atoms with van der Waals surface area (Å²) >= 11 is 0. The van der Waals surface area contributed by atoms with Crippen LogP contribution in [0.2, 0.25) is 0 Å². The van der Waals surface area contributed by atoms with Gasteiger partial charge in [-0.3, -0.25) is 9.78 Å². The van der Waals surface area contributed by atoms with Crippen molar-refractivity contribution >= 4 is 22.5 Å². The summed E-state index contributed by atoms with van der Waals surface area (Å²) < 4.78 is 0. The highest BCUT2D eigenvalue weighted by atomic mass is 16.3. The number of aryl methyl sites for hydroxylation is 1. The van der Waals surface area contributed by atoms with E-state index in [4.69, 9.17) is 4.98 Å². The van der Waals surface area contributed by atoms with Crippen LogP contribution in [-0.2, 0) is 17.8 Å². The molecule has 5 nitrogen and oxygen atoms in total. The lowest BCUT2D eigenvalue weighted by atomic mass is 9.93. The van der Waals surface area contributed by atoms with Crippen molar-refractivity contribution in [2.75, 3.05) is 18.4 Å². The Morgan fingerprint density at radius 2 is 1.87 bits per heavy atom. The topological polar surface area (TPSA) is 74.2 Å². The van der Waals surface area contributed by atoms with Crippen molar-refractivity contribution in [1.82, 2.24) is 10.3 Å². The maximum absolute atomic E-state index is 12.6. The molecule has 5 heteroatoms. The van der Waals surface area contributed by atoms with Gasteiger partial charge in [-0.1, -0.05) is 36.4 Å². The van der Waals surface area contributed by atoms with Crippen LogP contribution in [0.5, 0.6) is 0 Å². The van der Waals surface area contributed by atoms with Crippen molar-refractivity contribution in [3.8, 4) is 0 Å². The normalized spacial score (nSPS) is 14.6. The van der Waals surface area contributed by atoms with Crippen LogP contribution in [0, 0.1) is 12.8 Å². The van der Waals surface area contributed by atoms with Crippen LogP contribution < -0.4 is 10.6 Å². The third kappa shape index (κ3) is 5.30. The van der Waals surface area contributed by atoms with Gasteiger partial charge in [-0.05, 0) is 74.0 Å². The minimum Gasteiger partial charge on any atom is -0.392 e. The molecule has 2 aromatic carbocycles. The van der Waals surface area contributed by atoms with Crippen LogP contribution in [0.1, 0.15) is 48.1 Å². The molecule has 1 amide bonds. The van der Waals surface area contributed by atoms with Gasteiger partial charge in [0.25, 0.3) is 0 Å². The zero-order chi connectivity index (χ0) is 21.6. The first-order chi connectivity index (χ1) is 15.1. The molecule has 0 saturated carbocycles. The second-order valence-electron chi connectivity index (χ2n) is 8.51. The molecule has 1 saturated heterocycles. The van der Waals surface area contributed by atoms with E-state index in [1.807, 2.05) is 43.3 Å². The minimum absolute atomic E-state index is 0.00693. The minimum atomic E-state index is -0.00693. The SMILES string of the molecule is Cc1cc(CO)c2cccc(Cc3ccccc3NC(=O)CCC3CCNCC3)c2n1. The molecule has 0 bridgehead atoms. The van der Waals surface area contributed by atoms with Crippen LogP contribution in [0.25, 0.3) is 10.9 Å². The number of rotatable bonds is 7. The van der Waals surface area contributed by atoms with Crippen LogP contribution in [0.4, 0.5) is 5.69 Å². The van der Waals surface area contributed by atoms with E-state index in [0.717, 1.165) is 71.3 Å². The summed E-state index contributed by atoms with van der Waals surface area (Å²) in [6.45, 7) is 4.07. The van der Waals surface area contributed by atoms with E-state index in [9.17, 15) is 9.90 Å². The number of hydrogen-bond acceptors (Lipinski definition) is 4. The van der Waals surface area contributed by atoms with Crippen molar-refractivity contribution in [1.29, 1.82) is 0 Å². The summed E-state index contributed by atoms with van der Waals surface area (Å²) in [7, 11) is 0. The summed E-state index contributed by atoms with van der Waals surface area (Å²) in [5.41, 5.74) is 5.72. The quantitative estimate of drug-likeness (QED) is 0.534. The van der Waals surface area contributed by atoms with E-state index in [1.165, 1.54) is 0 Å². The number of piperidine rings is 1. The predicted molar refractivity (Wildman–Crippen MR) is 125 cm³/mol. The maximum Gasteiger partial charge on any atom is 0.224 e. The highest BCUT2D eigenvalue weighted by molar-refractivity contribution is 5.92. The van der Waals surface area contributed by atoms with Gasteiger partial charge in [0.2, 0.25) is 5.91 Å². The third-order valence-corrected chi connectivity index (χ3v) is 6.22. The number of para-hydroxylation sites is 2. The lowest BCUT2D eigenvalue weighted by molar-refractivity contribution is -0.116. The number of hydrogen-bond donors (Lipinski definition) is 3. The Balaban J connectivity index is 1.51. The molecule has 1 aliphatic heterocycles. The molecular weight excluding hydrogens is 386 g/mol. The second kappa shape index (κ2) is 10.0. The van der Waals surface area contributed by atoms with Gasteiger partial charge in [0, 0.05) is 29.6 Å². The van der Waals surface area contributed by atoms with E-state index < -0.39 is 0 Å². The highest BCUT2D eigenvalue weighted by Gasteiger charge is 2.16. The van der Waals surface area contributed by atoms with Crippen molar-refractivity contribution in [3.05, 3.63) is 70.9 Å². The summed E-state index contributed by atoms with van der Waals surface area (Å²) in [4.78, 5) is 17.4. The van der Waals surface area contributed by atoms with Crippen molar-refractivity contribution in [2.45, 2.75) is 45.6 Å². The summed E-state index contributed by atoms with van der Waals surface area (Å²) in [6.07, 6.45) is 4.50. The number of nitrogens with zero attached hydrogens (tertiary/aromatic N) is 1. The van der Waals surface area contributed by atoms with Gasteiger partial charge in [0.1, 0.15) is 0 Å². The molecule has 3 aromatic rings. The number of carbonyl (C=O) groups excluding carboxylic acids is 1. The Bertz CT molecular complexity index is 1060. The molecule has 0 spiro atoms. The molecule has 3 N–H and O–H groups in total. The fourth-order valence-electron chi connectivity index (χ4n) is 4.51. The summed E-state index contributed by atoms with van der Waals surface area (Å²) in [6, 6.07) is 16.0. The predicted octanol–water partition coefficient (Wildman–Crippen LogP) is 4.34. The second-order valence-corrected chi connectivity index (χ2v) is 8.51. The fraction of sp³-hybridized carbons (Fsp3) is 0.385. The van der Waals surface area contributed by atoms with Crippen LogP contribution in [0.15, 0.2) is 48.5 Å². The molecule has 2 heterocycles. The molecule has 31 heavy (non-hydrogen) atoms. The van der Waals surface area contributed by atoms with E-state index in [2.05, 4.69) is 22.8 Å². The highest BCUT2D eigenvalue weighted by Crippen LogP contribution is 2.27. The van der Waals surface area contributed by atoms with E-state index in [1.54, 1.807) is 0 Å². The molecule has 162 valence electrons. The smallest absolute Gasteiger partial charge is 0.224 e. The van der Waals surface area contributed by atoms with Gasteiger partial charge >= 0.3 is 0 Å². The molecule has 1 fully saturated rings. The van der Waals surface area contributed by atoms with Gasteiger partial charge in [-0.2, -0.15) is 0 Å². The summed E-state index contributed by atoms with van der Waals surface area (Å²) in [5, 5.41) is 17.2. The average Bonchev–Trinajstić information content (AvgIpc) is 2.79. The van der Waals surface area contributed by atoms with Crippen molar-refractivity contribution in [3.63, 3.8) is 0 Å². The van der Waals surface area contributed by atoms with Gasteiger partial charge < -0.3 is 15.7 Å². The molecule has 4 rings (SSSR count). The standard InChI is InChI=1S/C26H31N3O2/c1-18-15-22(17-30)23-7-4-6-21(26(23)28-18)16-20-5-2-3-8-24(20)29-25(31)10-9-19-11-13-27-14-12-19/h2-8,15,19,27,30H,9-14,16-17H2,1H3,(H,29,31). The Morgan fingerprint density at radius 1 is 1.10 bits per heavy atom. The van der Waals surface area contributed by atoms with Crippen molar-refractivity contribution in [2.24, 2.45) is 5.92 Å². The molecule has 0 aliphatic carbocycles. The number of amides is 1. The van der Waals surface area contributed by atoms with Gasteiger partial charge in [-0.15, -0.1) is 0 Å².